The molecular formula is C18H21N7O. The molecule has 0 atom stereocenters. The van der Waals surface area contributed by atoms with E-state index >= 15 is 0 Å². The van der Waals surface area contributed by atoms with Crippen molar-refractivity contribution >= 4 is 17.4 Å². The van der Waals surface area contributed by atoms with Crippen LogP contribution in [-0.4, -0.2) is 63.5 Å². The molecule has 1 N–H and O–H groups in total. The van der Waals surface area contributed by atoms with Gasteiger partial charge in [0.05, 0.1) is 11.9 Å². The average molecular weight is 351 g/mol. The van der Waals surface area contributed by atoms with Gasteiger partial charge in [-0.25, -0.2) is 9.31 Å². The first-order chi connectivity index (χ1) is 12.8. The molecule has 0 saturated carbocycles. The van der Waals surface area contributed by atoms with E-state index in [1.54, 1.807) is 10.8 Å². The van der Waals surface area contributed by atoms with Gasteiger partial charge in [-0.1, -0.05) is 30.3 Å². The van der Waals surface area contributed by atoms with Crippen molar-refractivity contribution in [3.8, 4) is 0 Å². The summed E-state index contributed by atoms with van der Waals surface area (Å²) in [4.78, 5) is 16.4. The lowest BCUT2D eigenvalue weighted by Gasteiger charge is -2.35. The van der Waals surface area contributed by atoms with Crippen molar-refractivity contribution in [2.24, 2.45) is 0 Å². The molecule has 1 aromatic carbocycles. The van der Waals surface area contributed by atoms with Crippen LogP contribution in [0.2, 0.25) is 0 Å². The lowest BCUT2D eigenvalue weighted by atomic mass is 10.1. The third kappa shape index (κ3) is 3.58. The van der Waals surface area contributed by atoms with Gasteiger partial charge in [0.25, 0.3) is 0 Å². The standard InChI is InChI=1S/C18H21N7O/c26-18(19-7-6-15-4-2-1-3-5-15)24-10-8-23(9-11-24)16-12-17-22-20-14-25(17)21-13-16/h1-5,12-14H,6-11H2,(H,19,26). The number of fused-ring (bicyclic) bond motifs is 1. The number of urea groups is 1. The molecule has 4 rings (SSSR count). The van der Waals surface area contributed by atoms with Gasteiger partial charge in [-0.05, 0) is 12.0 Å². The van der Waals surface area contributed by atoms with Crippen molar-refractivity contribution in [3.05, 3.63) is 54.5 Å². The van der Waals surface area contributed by atoms with E-state index in [4.69, 9.17) is 0 Å². The molecule has 0 radical (unpaired) electrons. The number of amides is 2. The summed E-state index contributed by atoms with van der Waals surface area (Å²) in [5, 5.41) is 15.2. The van der Waals surface area contributed by atoms with E-state index in [9.17, 15) is 4.79 Å². The number of benzene rings is 1. The second kappa shape index (κ2) is 7.38. The van der Waals surface area contributed by atoms with Crippen LogP contribution < -0.4 is 10.2 Å². The van der Waals surface area contributed by atoms with Crippen molar-refractivity contribution in [1.29, 1.82) is 0 Å². The lowest BCUT2D eigenvalue weighted by molar-refractivity contribution is 0.194. The molecule has 0 unspecified atom stereocenters. The first-order valence-corrected chi connectivity index (χ1v) is 8.77. The van der Waals surface area contributed by atoms with Crippen molar-refractivity contribution in [2.75, 3.05) is 37.6 Å². The minimum Gasteiger partial charge on any atom is -0.367 e. The van der Waals surface area contributed by atoms with Crippen molar-refractivity contribution in [2.45, 2.75) is 6.42 Å². The van der Waals surface area contributed by atoms with Gasteiger partial charge in [0, 0.05) is 38.8 Å². The van der Waals surface area contributed by atoms with Crippen molar-refractivity contribution in [3.63, 3.8) is 0 Å². The topological polar surface area (TPSA) is 78.7 Å². The Kier molecular flexibility index (Phi) is 4.63. The summed E-state index contributed by atoms with van der Waals surface area (Å²) in [6.45, 7) is 3.58. The minimum absolute atomic E-state index is 0.00613. The molecule has 0 bridgehead atoms. The average Bonchev–Trinajstić information content (AvgIpc) is 3.17. The first kappa shape index (κ1) is 16.3. The summed E-state index contributed by atoms with van der Waals surface area (Å²) < 4.78 is 1.64. The third-order valence-electron chi connectivity index (χ3n) is 4.61. The SMILES string of the molecule is O=C(NCCc1ccccc1)N1CCN(c2cnn3cnnc3c2)CC1. The van der Waals surface area contributed by atoms with E-state index in [0.29, 0.717) is 19.6 Å². The molecular weight excluding hydrogens is 330 g/mol. The maximum Gasteiger partial charge on any atom is 0.317 e. The summed E-state index contributed by atoms with van der Waals surface area (Å²) in [6.07, 6.45) is 4.24. The number of nitrogens with zero attached hydrogens (tertiary/aromatic N) is 6. The van der Waals surface area contributed by atoms with Gasteiger partial charge in [0.2, 0.25) is 0 Å². The fourth-order valence-corrected chi connectivity index (χ4v) is 3.12. The number of anilines is 1. The van der Waals surface area contributed by atoms with E-state index in [0.717, 1.165) is 30.8 Å². The van der Waals surface area contributed by atoms with Gasteiger partial charge in [-0.2, -0.15) is 5.10 Å². The van der Waals surface area contributed by atoms with Crippen molar-refractivity contribution in [1.82, 2.24) is 30.0 Å². The number of rotatable bonds is 4. The molecule has 3 heterocycles. The Morgan fingerprint density at radius 1 is 1.12 bits per heavy atom. The third-order valence-corrected chi connectivity index (χ3v) is 4.61. The Bertz CT molecular complexity index is 871. The first-order valence-electron chi connectivity index (χ1n) is 8.77. The fraction of sp³-hybridized carbons (Fsp3) is 0.333. The van der Waals surface area contributed by atoms with Crippen LogP contribution in [0, 0.1) is 0 Å². The quantitative estimate of drug-likeness (QED) is 0.764. The number of carbonyl (C=O) groups excluding carboxylic acids is 1. The molecule has 26 heavy (non-hydrogen) atoms. The monoisotopic (exact) mass is 351 g/mol. The molecule has 2 amide bonds. The molecule has 3 aromatic rings. The normalized spacial score (nSPS) is 14.6. The molecule has 134 valence electrons. The predicted octanol–water partition coefficient (Wildman–Crippen LogP) is 1.20. The van der Waals surface area contributed by atoms with E-state index < -0.39 is 0 Å². The maximum atomic E-state index is 12.3. The van der Waals surface area contributed by atoms with Gasteiger partial charge < -0.3 is 15.1 Å². The zero-order valence-electron chi connectivity index (χ0n) is 14.5. The molecule has 8 nitrogen and oxygen atoms in total. The maximum absolute atomic E-state index is 12.3. The molecule has 1 fully saturated rings. The van der Waals surface area contributed by atoms with Crippen LogP contribution in [0.4, 0.5) is 10.5 Å². The lowest BCUT2D eigenvalue weighted by Crippen LogP contribution is -2.52. The zero-order chi connectivity index (χ0) is 17.8. The molecule has 0 spiro atoms. The number of carbonyl (C=O) groups is 1. The predicted molar refractivity (Wildman–Crippen MR) is 98.1 cm³/mol. The number of nitrogens with one attached hydrogen (secondary N) is 1. The number of piperazine rings is 1. The fourth-order valence-electron chi connectivity index (χ4n) is 3.12. The molecule has 1 aliphatic rings. The van der Waals surface area contributed by atoms with E-state index in [1.165, 1.54) is 5.56 Å². The molecule has 1 saturated heterocycles. The Morgan fingerprint density at radius 3 is 2.73 bits per heavy atom. The zero-order valence-corrected chi connectivity index (χ0v) is 14.5. The van der Waals surface area contributed by atoms with E-state index in [2.05, 4.69) is 37.6 Å². The van der Waals surface area contributed by atoms with E-state index in [-0.39, 0.29) is 6.03 Å². The summed E-state index contributed by atoms with van der Waals surface area (Å²) in [7, 11) is 0. The molecule has 0 aliphatic carbocycles. The summed E-state index contributed by atoms with van der Waals surface area (Å²) >= 11 is 0. The van der Waals surface area contributed by atoms with Crippen LogP contribution in [-0.2, 0) is 6.42 Å². The largest absolute Gasteiger partial charge is 0.367 e. The van der Waals surface area contributed by atoms with Crippen molar-refractivity contribution < 1.29 is 4.79 Å². The van der Waals surface area contributed by atoms with Gasteiger partial charge in [0.15, 0.2) is 5.65 Å². The Labute approximate surface area is 151 Å². The summed E-state index contributed by atoms with van der Waals surface area (Å²) in [5.41, 5.74) is 2.97. The Morgan fingerprint density at radius 2 is 1.92 bits per heavy atom. The van der Waals surface area contributed by atoms with Gasteiger partial charge in [0.1, 0.15) is 6.33 Å². The van der Waals surface area contributed by atoms with Crippen LogP contribution in [0.25, 0.3) is 5.65 Å². The Balaban J connectivity index is 1.26. The van der Waals surface area contributed by atoms with Gasteiger partial charge in [-0.15, -0.1) is 10.2 Å². The highest BCUT2D eigenvalue weighted by Crippen LogP contribution is 2.16. The number of hydrogen-bond acceptors (Lipinski definition) is 5. The van der Waals surface area contributed by atoms with Crippen LogP contribution in [0.3, 0.4) is 0 Å². The van der Waals surface area contributed by atoms with Crippen LogP contribution in [0.1, 0.15) is 5.56 Å². The van der Waals surface area contributed by atoms with Crippen LogP contribution in [0.5, 0.6) is 0 Å². The van der Waals surface area contributed by atoms with E-state index in [1.807, 2.05) is 35.4 Å². The number of hydrogen-bond donors (Lipinski definition) is 1. The summed E-state index contributed by atoms with van der Waals surface area (Å²) in [5.74, 6) is 0. The van der Waals surface area contributed by atoms with Crippen LogP contribution >= 0.6 is 0 Å². The highest BCUT2D eigenvalue weighted by atomic mass is 16.2. The van der Waals surface area contributed by atoms with Crippen LogP contribution in [0.15, 0.2) is 48.9 Å². The highest BCUT2D eigenvalue weighted by Gasteiger charge is 2.21. The van der Waals surface area contributed by atoms with Gasteiger partial charge in [-0.3, -0.25) is 0 Å². The minimum atomic E-state index is 0.00613. The number of aromatic nitrogens is 4. The highest BCUT2D eigenvalue weighted by molar-refractivity contribution is 5.74. The second-order valence-electron chi connectivity index (χ2n) is 6.29. The Hall–Kier alpha value is -3.16. The smallest absolute Gasteiger partial charge is 0.317 e. The molecule has 2 aromatic heterocycles. The molecule has 8 heteroatoms. The molecule has 1 aliphatic heterocycles. The second-order valence-corrected chi connectivity index (χ2v) is 6.29. The van der Waals surface area contributed by atoms with Gasteiger partial charge >= 0.3 is 6.03 Å². The summed E-state index contributed by atoms with van der Waals surface area (Å²) in [6, 6.07) is 12.2.